The third-order valence-electron chi connectivity index (χ3n) is 5.92. The molecule has 8 heteroatoms. The lowest BCUT2D eigenvalue weighted by atomic mass is 10.0. The molecule has 3 aromatic carbocycles. The number of rotatable bonds is 6. The van der Waals surface area contributed by atoms with E-state index in [1.165, 1.54) is 6.07 Å². The summed E-state index contributed by atoms with van der Waals surface area (Å²) in [4.78, 5) is 26.5. The number of morpholine rings is 1. The molecule has 1 aliphatic rings. The zero-order valence-electron chi connectivity index (χ0n) is 18.3. The summed E-state index contributed by atoms with van der Waals surface area (Å²) in [5.41, 5.74) is 2.16. The Morgan fingerprint density at radius 2 is 1.71 bits per heavy atom. The van der Waals surface area contributed by atoms with Crippen molar-refractivity contribution in [1.29, 1.82) is 0 Å². The predicted molar refractivity (Wildman–Crippen MR) is 128 cm³/mol. The molecule has 1 atom stereocenters. The molecule has 0 saturated carbocycles. The molecular weight excluding hydrogens is 434 g/mol. The van der Waals surface area contributed by atoms with Crippen molar-refractivity contribution in [3.05, 3.63) is 106 Å². The van der Waals surface area contributed by atoms with Crippen LogP contribution >= 0.6 is 0 Å². The third kappa shape index (κ3) is 4.35. The lowest BCUT2D eigenvalue weighted by molar-refractivity contribution is -0.384. The van der Waals surface area contributed by atoms with E-state index in [0.717, 1.165) is 16.5 Å². The summed E-state index contributed by atoms with van der Waals surface area (Å²) in [6, 6.07) is 23.0. The number of para-hydroxylation sites is 1. The fraction of sp³-hybridized carbons (Fsp3) is 0.192. The number of carbonyl (C=O) groups excluding carboxylic acids is 1. The summed E-state index contributed by atoms with van der Waals surface area (Å²) >= 11 is 0. The highest BCUT2D eigenvalue weighted by Gasteiger charge is 2.26. The first-order chi connectivity index (χ1) is 16.6. The van der Waals surface area contributed by atoms with Gasteiger partial charge in [-0.3, -0.25) is 14.9 Å². The lowest BCUT2D eigenvalue weighted by Gasteiger charge is -2.28. The molecule has 0 bridgehead atoms. The highest BCUT2D eigenvalue weighted by molar-refractivity contribution is 5.96. The zero-order valence-corrected chi connectivity index (χ0v) is 18.3. The van der Waals surface area contributed by atoms with Crippen LogP contribution in [0, 0.1) is 10.1 Å². The van der Waals surface area contributed by atoms with Crippen molar-refractivity contribution in [3.63, 3.8) is 0 Å². The summed E-state index contributed by atoms with van der Waals surface area (Å²) in [6.45, 7) is 2.15. The van der Waals surface area contributed by atoms with Gasteiger partial charge in [-0.1, -0.05) is 48.5 Å². The van der Waals surface area contributed by atoms with Gasteiger partial charge in [0.25, 0.3) is 11.6 Å². The molecule has 2 heterocycles. The minimum absolute atomic E-state index is 0.102. The van der Waals surface area contributed by atoms with Crippen LogP contribution in [0.1, 0.15) is 27.7 Å². The highest BCUT2D eigenvalue weighted by Crippen LogP contribution is 2.32. The van der Waals surface area contributed by atoms with Gasteiger partial charge in [0.15, 0.2) is 0 Å². The number of nitrogens with zero attached hydrogens (tertiary/aromatic N) is 2. The van der Waals surface area contributed by atoms with Crippen molar-refractivity contribution in [2.75, 3.05) is 31.2 Å². The molecule has 1 aliphatic heterocycles. The second kappa shape index (κ2) is 9.36. The molecule has 0 radical (unpaired) electrons. The number of amides is 1. The van der Waals surface area contributed by atoms with Crippen LogP contribution in [-0.4, -0.2) is 37.1 Å². The monoisotopic (exact) mass is 457 g/mol. The van der Waals surface area contributed by atoms with Crippen LogP contribution in [0.2, 0.25) is 0 Å². The van der Waals surface area contributed by atoms with Crippen molar-refractivity contribution < 1.29 is 18.9 Å². The number of furan rings is 1. The van der Waals surface area contributed by atoms with E-state index in [1.54, 1.807) is 12.1 Å². The Balaban J connectivity index is 1.47. The highest BCUT2D eigenvalue weighted by atomic mass is 16.6. The van der Waals surface area contributed by atoms with E-state index in [2.05, 4.69) is 5.32 Å². The van der Waals surface area contributed by atoms with E-state index >= 15 is 0 Å². The van der Waals surface area contributed by atoms with Gasteiger partial charge in [0.1, 0.15) is 23.1 Å². The quantitative estimate of drug-likeness (QED) is 0.333. The van der Waals surface area contributed by atoms with Gasteiger partial charge >= 0.3 is 0 Å². The largest absolute Gasteiger partial charge is 0.459 e. The first-order valence-electron chi connectivity index (χ1n) is 11.1. The van der Waals surface area contributed by atoms with E-state index in [9.17, 15) is 14.9 Å². The van der Waals surface area contributed by atoms with E-state index in [1.807, 2.05) is 65.6 Å². The fourth-order valence-corrected chi connectivity index (χ4v) is 4.21. The molecule has 1 N–H and O–H groups in total. The first kappa shape index (κ1) is 21.7. The number of nitro groups is 1. The molecule has 0 spiro atoms. The summed E-state index contributed by atoms with van der Waals surface area (Å²) in [5, 5.41) is 15.7. The number of hydrogen-bond donors (Lipinski definition) is 1. The molecule has 34 heavy (non-hydrogen) atoms. The Bertz CT molecular complexity index is 1300. The fourth-order valence-electron chi connectivity index (χ4n) is 4.21. The normalized spacial score (nSPS) is 14.6. The maximum Gasteiger partial charge on any atom is 0.293 e. The maximum absolute atomic E-state index is 13.3. The minimum Gasteiger partial charge on any atom is -0.459 e. The zero-order chi connectivity index (χ0) is 23.5. The number of carbonyl (C=O) groups is 1. The second-order valence-corrected chi connectivity index (χ2v) is 8.06. The van der Waals surface area contributed by atoms with Crippen LogP contribution in [0.25, 0.3) is 11.0 Å². The minimum atomic E-state index is -0.556. The van der Waals surface area contributed by atoms with Crippen molar-refractivity contribution in [2.45, 2.75) is 6.04 Å². The average Bonchev–Trinajstić information content (AvgIpc) is 3.32. The predicted octanol–water partition coefficient (Wildman–Crippen LogP) is 4.70. The van der Waals surface area contributed by atoms with E-state index < -0.39 is 16.9 Å². The SMILES string of the molecule is O=C(NC(c1ccccc1)c1cc2ccccc2o1)c1ccc(N2CCOCC2)c([N+](=O)[O-])c1. The standard InChI is InChI=1S/C26H23N3O5/c30-26(20-10-11-21(22(16-20)29(31)32)28-12-14-33-15-13-28)27-25(18-6-2-1-3-7-18)24-17-19-8-4-5-9-23(19)34-24/h1-11,16-17,25H,12-15H2,(H,27,30). The van der Waals surface area contributed by atoms with Gasteiger partial charge in [0.2, 0.25) is 0 Å². The number of nitrogens with one attached hydrogen (secondary N) is 1. The maximum atomic E-state index is 13.3. The number of anilines is 1. The van der Waals surface area contributed by atoms with Crippen molar-refractivity contribution in [1.82, 2.24) is 5.32 Å². The van der Waals surface area contributed by atoms with Crippen molar-refractivity contribution >= 4 is 28.3 Å². The molecule has 5 rings (SSSR count). The Hall–Kier alpha value is -4.17. The van der Waals surface area contributed by atoms with E-state index in [-0.39, 0.29) is 11.3 Å². The van der Waals surface area contributed by atoms with Gasteiger partial charge in [0, 0.05) is 30.1 Å². The van der Waals surface area contributed by atoms with Crippen LogP contribution in [-0.2, 0) is 4.74 Å². The Labute approximate surface area is 195 Å². The van der Waals surface area contributed by atoms with Gasteiger partial charge in [-0.15, -0.1) is 0 Å². The Morgan fingerprint density at radius 3 is 2.44 bits per heavy atom. The molecule has 8 nitrogen and oxygen atoms in total. The van der Waals surface area contributed by atoms with Crippen molar-refractivity contribution in [3.8, 4) is 0 Å². The lowest BCUT2D eigenvalue weighted by Crippen LogP contribution is -2.36. The molecule has 1 fully saturated rings. The number of hydrogen-bond acceptors (Lipinski definition) is 6. The smallest absolute Gasteiger partial charge is 0.293 e. The van der Waals surface area contributed by atoms with Gasteiger partial charge in [-0.2, -0.15) is 0 Å². The first-order valence-corrected chi connectivity index (χ1v) is 11.1. The third-order valence-corrected chi connectivity index (χ3v) is 5.92. The summed E-state index contributed by atoms with van der Waals surface area (Å²) < 4.78 is 11.4. The summed E-state index contributed by atoms with van der Waals surface area (Å²) in [7, 11) is 0. The van der Waals surface area contributed by atoms with Crippen LogP contribution in [0.15, 0.2) is 83.3 Å². The molecule has 1 aromatic heterocycles. The molecule has 1 unspecified atom stereocenters. The van der Waals surface area contributed by atoms with Crippen LogP contribution in [0.4, 0.5) is 11.4 Å². The van der Waals surface area contributed by atoms with Gasteiger partial charge in [-0.25, -0.2) is 0 Å². The van der Waals surface area contributed by atoms with Gasteiger partial charge in [0.05, 0.1) is 18.1 Å². The van der Waals surface area contributed by atoms with E-state index in [0.29, 0.717) is 37.8 Å². The average molecular weight is 457 g/mol. The van der Waals surface area contributed by atoms with Crippen LogP contribution in [0.5, 0.6) is 0 Å². The molecule has 4 aromatic rings. The molecular formula is C26H23N3O5. The number of benzene rings is 3. The van der Waals surface area contributed by atoms with Crippen LogP contribution < -0.4 is 10.2 Å². The Morgan fingerprint density at radius 1 is 0.971 bits per heavy atom. The number of nitro benzene ring substituents is 1. The van der Waals surface area contributed by atoms with Crippen molar-refractivity contribution in [2.24, 2.45) is 0 Å². The topological polar surface area (TPSA) is 97.9 Å². The molecule has 0 aliphatic carbocycles. The molecule has 1 saturated heterocycles. The molecule has 1 amide bonds. The second-order valence-electron chi connectivity index (χ2n) is 8.06. The van der Waals surface area contributed by atoms with E-state index in [4.69, 9.17) is 9.15 Å². The number of fused-ring (bicyclic) bond motifs is 1. The molecule has 172 valence electrons. The summed E-state index contributed by atoms with van der Waals surface area (Å²) in [6.07, 6.45) is 0. The van der Waals surface area contributed by atoms with Gasteiger partial charge < -0.3 is 19.4 Å². The van der Waals surface area contributed by atoms with Crippen LogP contribution in [0.3, 0.4) is 0 Å². The Kier molecular flexibility index (Phi) is 5.97. The van der Waals surface area contributed by atoms with Gasteiger partial charge in [-0.05, 0) is 29.8 Å². The number of ether oxygens (including phenoxy) is 1. The summed E-state index contributed by atoms with van der Waals surface area (Å²) in [5.74, 6) is 0.158.